The Morgan fingerprint density at radius 3 is 2.79 bits per heavy atom. The predicted molar refractivity (Wildman–Crippen MR) is 115 cm³/mol. The average molecular weight is 388 g/mol. The molecule has 0 spiro atoms. The normalized spacial score (nSPS) is 15.1. The lowest BCUT2D eigenvalue weighted by molar-refractivity contribution is -0.114. The number of H-pyrrole nitrogens is 1. The Kier molecular flexibility index (Phi) is 3.88. The maximum Gasteiger partial charge on any atom is 0.166 e. The van der Waals surface area contributed by atoms with Crippen molar-refractivity contribution in [3.05, 3.63) is 58.3 Å². The van der Waals surface area contributed by atoms with Gasteiger partial charge in [0.2, 0.25) is 0 Å². The van der Waals surface area contributed by atoms with Crippen LogP contribution in [-0.2, 0) is 4.79 Å². The molecule has 0 fully saturated rings. The van der Waals surface area contributed by atoms with E-state index in [1.54, 1.807) is 11.3 Å². The summed E-state index contributed by atoms with van der Waals surface area (Å²) in [7, 11) is 0. The lowest BCUT2D eigenvalue weighted by Crippen LogP contribution is -2.11. The minimum atomic E-state index is 0.00232. The largest absolute Gasteiger partial charge is 0.512 e. The second-order valence-corrected chi connectivity index (χ2v) is 8.65. The molecule has 28 heavy (non-hydrogen) atoms. The van der Waals surface area contributed by atoms with Gasteiger partial charge in [-0.15, -0.1) is 11.3 Å². The summed E-state index contributed by atoms with van der Waals surface area (Å²) in [5.74, 6) is 0.192. The third-order valence-corrected chi connectivity index (χ3v) is 6.31. The fraction of sp³-hybridized carbons (Fsp3) is 0.217. The molecule has 2 aromatic carbocycles. The highest BCUT2D eigenvalue weighted by Crippen LogP contribution is 2.43. The van der Waals surface area contributed by atoms with Gasteiger partial charge in [-0.05, 0) is 44.0 Å². The number of hydrogen-bond acceptors (Lipinski definition) is 4. The van der Waals surface area contributed by atoms with E-state index in [0.29, 0.717) is 24.8 Å². The van der Waals surface area contributed by atoms with Crippen molar-refractivity contribution in [2.45, 2.75) is 33.1 Å². The smallest absolute Gasteiger partial charge is 0.166 e. The SMILES string of the molecule is Cc1cccc(-c2[nH]c3ccc4sc(C)nc4c3c2C2=C(O)CCCC2=O)c1. The number of ketones is 1. The molecule has 5 heteroatoms. The first-order valence-electron chi connectivity index (χ1n) is 9.47. The topological polar surface area (TPSA) is 66.0 Å². The molecule has 4 aromatic rings. The van der Waals surface area contributed by atoms with Crippen LogP contribution in [0.3, 0.4) is 0 Å². The number of aromatic amines is 1. The fourth-order valence-corrected chi connectivity index (χ4v) is 5.00. The van der Waals surface area contributed by atoms with Crippen molar-refractivity contribution < 1.29 is 9.90 Å². The van der Waals surface area contributed by atoms with E-state index in [9.17, 15) is 9.90 Å². The Hall–Kier alpha value is -2.92. The second-order valence-electron chi connectivity index (χ2n) is 7.41. The summed E-state index contributed by atoms with van der Waals surface area (Å²) in [4.78, 5) is 21.2. The van der Waals surface area contributed by atoms with Crippen LogP contribution in [0.2, 0.25) is 0 Å². The highest BCUT2D eigenvalue weighted by molar-refractivity contribution is 7.18. The Balaban J connectivity index is 1.95. The number of nitrogens with one attached hydrogen (secondary N) is 1. The highest BCUT2D eigenvalue weighted by Gasteiger charge is 2.29. The summed E-state index contributed by atoms with van der Waals surface area (Å²) < 4.78 is 1.09. The first-order chi connectivity index (χ1) is 13.5. The van der Waals surface area contributed by atoms with Crippen molar-refractivity contribution in [2.75, 3.05) is 0 Å². The number of Topliss-reactive ketones (excluding diaryl/α,β-unsaturated/α-hetero) is 1. The van der Waals surface area contributed by atoms with Gasteiger partial charge in [-0.2, -0.15) is 0 Å². The van der Waals surface area contributed by atoms with Crippen molar-refractivity contribution >= 4 is 43.8 Å². The number of hydrogen-bond donors (Lipinski definition) is 2. The number of nitrogens with zero attached hydrogens (tertiary/aromatic N) is 1. The molecule has 0 aliphatic heterocycles. The zero-order chi connectivity index (χ0) is 19.4. The number of allylic oxidation sites excluding steroid dienone is 2. The Labute approximate surface area is 166 Å². The van der Waals surface area contributed by atoms with E-state index >= 15 is 0 Å². The molecule has 0 amide bonds. The minimum Gasteiger partial charge on any atom is -0.512 e. The summed E-state index contributed by atoms with van der Waals surface area (Å²) in [5.41, 5.74) is 6.08. The second kappa shape index (κ2) is 6.31. The summed E-state index contributed by atoms with van der Waals surface area (Å²) in [6.45, 7) is 4.04. The van der Waals surface area contributed by atoms with Crippen molar-refractivity contribution in [2.24, 2.45) is 0 Å². The van der Waals surface area contributed by atoms with Crippen molar-refractivity contribution in [3.8, 4) is 11.3 Å². The molecule has 2 N–H and O–H groups in total. The summed E-state index contributed by atoms with van der Waals surface area (Å²) in [6.07, 6.45) is 1.69. The zero-order valence-electron chi connectivity index (χ0n) is 15.8. The summed E-state index contributed by atoms with van der Waals surface area (Å²) in [5, 5.41) is 12.6. The number of aromatic nitrogens is 2. The van der Waals surface area contributed by atoms with E-state index < -0.39 is 0 Å². The number of carbonyl (C=O) groups is 1. The van der Waals surface area contributed by atoms with Crippen LogP contribution in [0.15, 0.2) is 42.2 Å². The average Bonchev–Trinajstić information content (AvgIpc) is 3.21. The fourth-order valence-electron chi connectivity index (χ4n) is 4.16. The molecule has 0 atom stereocenters. The quantitative estimate of drug-likeness (QED) is 0.437. The van der Waals surface area contributed by atoms with E-state index in [4.69, 9.17) is 4.98 Å². The Morgan fingerprint density at radius 2 is 2.00 bits per heavy atom. The van der Waals surface area contributed by atoms with Crippen LogP contribution in [0.25, 0.3) is 38.0 Å². The molecule has 1 aliphatic carbocycles. The van der Waals surface area contributed by atoms with E-state index in [2.05, 4.69) is 30.1 Å². The van der Waals surface area contributed by atoms with Gasteiger partial charge in [0.05, 0.1) is 26.5 Å². The molecule has 4 nitrogen and oxygen atoms in total. The number of aliphatic hydroxyl groups is 1. The van der Waals surface area contributed by atoms with Crippen LogP contribution >= 0.6 is 11.3 Å². The lowest BCUT2D eigenvalue weighted by Gasteiger charge is -2.16. The first-order valence-corrected chi connectivity index (χ1v) is 10.3. The molecule has 0 radical (unpaired) electrons. The first kappa shape index (κ1) is 17.2. The van der Waals surface area contributed by atoms with Gasteiger partial charge in [-0.3, -0.25) is 4.79 Å². The summed E-state index contributed by atoms with van der Waals surface area (Å²) >= 11 is 1.64. The number of aryl methyl sites for hydroxylation is 2. The maximum atomic E-state index is 12.9. The van der Waals surface area contributed by atoms with Crippen LogP contribution in [0.1, 0.15) is 35.4 Å². The molecule has 2 aromatic heterocycles. The zero-order valence-corrected chi connectivity index (χ0v) is 16.6. The monoisotopic (exact) mass is 388 g/mol. The molecule has 2 heterocycles. The van der Waals surface area contributed by atoms with Crippen LogP contribution in [0.4, 0.5) is 0 Å². The van der Waals surface area contributed by atoms with Crippen LogP contribution < -0.4 is 0 Å². The van der Waals surface area contributed by atoms with E-state index in [1.807, 2.05) is 25.1 Å². The molecular formula is C23H20N2O2S. The van der Waals surface area contributed by atoms with Crippen LogP contribution in [-0.4, -0.2) is 20.9 Å². The van der Waals surface area contributed by atoms with Gasteiger partial charge in [0, 0.05) is 29.3 Å². The standard InChI is InChI=1S/C23H20N2O2S/c1-12-5-3-6-14(11-12)22-21(20-16(26)7-4-8-17(20)27)19-15(25-22)9-10-18-23(19)24-13(2)28-18/h3,5-6,9-11,25-26H,4,7-8H2,1-2H3. The Morgan fingerprint density at radius 1 is 1.14 bits per heavy atom. The number of fused-ring (bicyclic) bond motifs is 3. The maximum absolute atomic E-state index is 12.9. The molecule has 5 rings (SSSR count). The molecular weight excluding hydrogens is 368 g/mol. The number of aliphatic hydroxyl groups excluding tert-OH is 1. The van der Waals surface area contributed by atoms with Gasteiger partial charge in [0.25, 0.3) is 0 Å². The van der Waals surface area contributed by atoms with Crippen molar-refractivity contribution in [1.29, 1.82) is 0 Å². The van der Waals surface area contributed by atoms with Gasteiger partial charge < -0.3 is 10.1 Å². The molecule has 140 valence electrons. The summed E-state index contributed by atoms with van der Waals surface area (Å²) in [6, 6.07) is 12.3. The predicted octanol–water partition coefficient (Wildman–Crippen LogP) is 6.08. The van der Waals surface area contributed by atoms with Gasteiger partial charge in [0.1, 0.15) is 5.76 Å². The third kappa shape index (κ3) is 2.58. The Bertz CT molecular complexity index is 1290. The van der Waals surface area contributed by atoms with Crippen molar-refractivity contribution in [3.63, 3.8) is 0 Å². The van der Waals surface area contributed by atoms with Gasteiger partial charge in [0.15, 0.2) is 5.78 Å². The van der Waals surface area contributed by atoms with E-state index in [0.717, 1.165) is 48.5 Å². The third-order valence-electron chi connectivity index (χ3n) is 5.37. The molecule has 0 saturated carbocycles. The lowest BCUT2D eigenvalue weighted by atomic mass is 9.87. The highest BCUT2D eigenvalue weighted by atomic mass is 32.1. The van der Waals surface area contributed by atoms with Crippen LogP contribution in [0.5, 0.6) is 0 Å². The molecule has 1 aliphatic rings. The molecule has 0 saturated heterocycles. The molecule has 0 unspecified atom stereocenters. The minimum absolute atomic E-state index is 0.00232. The van der Waals surface area contributed by atoms with Crippen LogP contribution in [0, 0.1) is 13.8 Å². The number of rotatable bonds is 2. The number of benzene rings is 2. The van der Waals surface area contributed by atoms with Gasteiger partial charge >= 0.3 is 0 Å². The number of thiazole rings is 1. The van der Waals surface area contributed by atoms with E-state index in [1.165, 1.54) is 0 Å². The van der Waals surface area contributed by atoms with Gasteiger partial charge in [-0.1, -0.05) is 23.8 Å². The van der Waals surface area contributed by atoms with Crippen molar-refractivity contribution in [1.82, 2.24) is 9.97 Å². The van der Waals surface area contributed by atoms with E-state index in [-0.39, 0.29) is 11.5 Å². The number of carbonyl (C=O) groups excluding carboxylic acids is 1. The van der Waals surface area contributed by atoms with Gasteiger partial charge in [-0.25, -0.2) is 4.98 Å². The molecule has 0 bridgehead atoms.